The van der Waals surface area contributed by atoms with Gasteiger partial charge in [0.25, 0.3) is 0 Å². The summed E-state index contributed by atoms with van der Waals surface area (Å²) in [4.78, 5) is 0. The van der Waals surface area contributed by atoms with Crippen molar-refractivity contribution >= 4 is 0 Å². The van der Waals surface area contributed by atoms with Gasteiger partial charge in [0.05, 0.1) is 6.61 Å². The fourth-order valence-electron chi connectivity index (χ4n) is 3.66. The molecule has 1 aliphatic heterocycles. The first kappa shape index (κ1) is 33.2. The van der Waals surface area contributed by atoms with E-state index < -0.39 is 74.1 Å². The van der Waals surface area contributed by atoms with E-state index >= 15 is 0 Å². The number of rotatable bonds is 16. The van der Waals surface area contributed by atoms with Crippen molar-refractivity contribution in [2.24, 2.45) is 0 Å². The summed E-state index contributed by atoms with van der Waals surface area (Å²) in [5.74, 6) is -18.9. The number of hydrogen-bond acceptors (Lipinski definition) is 6. The lowest BCUT2D eigenvalue weighted by atomic mass is 9.97. The molecule has 5 atom stereocenters. The summed E-state index contributed by atoms with van der Waals surface area (Å²) in [6.07, 6.45) is -11.8. The molecular formula is C21H33F9O6. The van der Waals surface area contributed by atoms with Crippen LogP contribution in [0.4, 0.5) is 39.5 Å². The predicted molar refractivity (Wildman–Crippen MR) is 107 cm³/mol. The third-order valence-electron chi connectivity index (χ3n) is 5.98. The van der Waals surface area contributed by atoms with Crippen molar-refractivity contribution in [1.82, 2.24) is 0 Å². The summed E-state index contributed by atoms with van der Waals surface area (Å²) in [6.45, 7) is -0.414. The smallest absolute Gasteiger partial charge is 0.394 e. The predicted octanol–water partition coefficient (Wildman–Crippen LogP) is 4.17. The van der Waals surface area contributed by atoms with E-state index in [2.05, 4.69) is 0 Å². The minimum Gasteiger partial charge on any atom is -0.394 e. The Morgan fingerprint density at radius 1 is 0.611 bits per heavy atom. The Morgan fingerprint density at radius 3 is 1.56 bits per heavy atom. The molecule has 1 aliphatic rings. The van der Waals surface area contributed by atoms with Crippen LogP contribution in [0.25, 0.3) is 0 Å². The second-order valence-electron chi connectivity index (χ2n) is 8.85. The molecule has 0 radical (unpaired) electrons. The van der Waals surface area contributed by atoms with Gasteiger partial charge >= 0.3 is 23.9 Å². The quantitative estimate of drug-likeness (QED) is 0.170. The Morgan fingerprint density at radius 2 is 1.08 bits per heavy atom. The lowest BCUT2D eigenvalue weighted by Gasteiger charge is -2.39. The number of aliphatic hydroxyl groups excluding tert-OH is 4. The van der Waals surface area contributed by atoms with Crippen LogP contribution in [0.15, 0.2) is 0 Å². The molecule has 15 heteroatoms. The highest BCUT2D eigenvalue weighted by molar-refractivity contribution is 5.00. The fraction of sp³-hybridized carbons (Fsp3) is 1.00. The number of aliphatic hydroxyl groups is 4. The Bertz CT molecular complexity index is 633. The standard InChI is InChI=1S/C21H33F9O6/c22-18(23,19(24,25)20(26,27)21(28,29)30)10-8-6-4-2-1-3-5-7-9-11-35-17-16(34)15(33)14(32)13(12-31)36-17/h13-17,31-34H,1-12H2/t13-,14-,15+,16-,17-/m1/s1. The van der Waals surface area contributed by atoms with Crippen molar-refractivity contribution in [3.05, 3.63) is 0 Å². The first-order valence-corrected chi connectivity index (χ1v) is 11.6. The topological polar surface area (TPSA) is 99.4 Å². The molecule has 0 spiro atoms. The lowest BCUT2D eigenvalue weighted by Crippen LogP contribution is -2.60. The van der Waals surface area contributed by atoms with E-state index in [1.807, 2.05) is 0 Å². The van der Waals surface area contributed by atoms with Crippen LogP contribution < -0.4 is 0 Å². The van der Waals surface area contributed by atoms with Crippen molar-refractivity contribution in [2.75, 3.05) is 13.2 Å². The molecule has 4 N–H and O–H groups in total. The molecule has 0 aliphatic carbocycles. The molecule has 1 fully saturated rings. The van der Waals surface area contributed by atoms with Crippen LogP contribution in [0.5, 0.6) is 0 Å². The van der Waals surface area contributed by atoms with E-state index in [-0.39, 0.29) is 13.0 Å². The molecule has 0 amide bonds. The zero-order valence-electron chi connectivity index (χ0n) is 19.4. The largest absolute Gasteiger partial charge is 0.460 e. The maximum absolute atomic E-state index is 13.4. The molecule has 0 aromatic carbocycles. The number of alkyl halides is 9. The van der Waals surface area contributed by atoms with Crippen molar-refractivity contribution < 1.29 is 69.4 Å². The van der Waals surface area contributed by atoms with Crippen molar-refractivity contribution in [1.29, 1.82) is 0 Å². The number of ether oxygens (including phenoxy) is 2. The maximum Gasteiger partial charge on any atom is 0.460 e. The van der Waals surface area contributed by atoms with Gasteiger partial charge < -0.3 is 29.9 Å². The highest BCUT2D eigenvalue weighted by atomic mass is 19.4. The third-order valence-corrected chi connectivity index (χ3v) is 5.98. The molecule has 0 aromatic rings. The van der Waals surface area contributed by atoms with Crippen LogP contribution in [0.3, 0.4) is 0 Å². The Kier molecular flexibility index (Phi) is 12.7. The molecule has 0 aromatic heterocycles. The summed E-state index contributed by atoms with van der Waals surface area (Å²) in [5, 5.41) is 38.3. The minimum atomic E-state index is -6.84. The van der Waals surface area contributed by atoms with Gasteiger partial charge in [-0.3, -0.25) is 0 Å². The van der Waals surface area contributed by atoms with Crippen LogP contribution in [-0.4, -0.2) is 88.3 Å². The molecule has 216 valence electrons. The first-order chi connectivity index (χ1) is 16.5. The van der Waals surface area contributed by atoms with Crippen molar-refractivity contribution in [3.63, 3.8) is 0 Å². The van der Waals surface area contributed by atoms with E-state index in [0.717, 1.165) is 12.8 Å². The first-order valence-electron chi connectivity index (χ1n) is 11.6. The third kappa shape index (κ3) is 8.32. The fourth-order valence-corrected chi connectivity index (χ4v) is 3.66. The van der Waals surface area contributed by atoms with Crippen LogP contribution in [0, 0.1) is 0 Å². The van der Waals surface area contributed by atoms with Gasteiger partial charge in [0.15, 0.2) is 6.29 Å². The van der Waals surface area contributed by atoms with Crippen LogP contribution >= 0.6 is 0 Å². The Balaban J connectivity index is 2.14. The number of hydrogen-bond donors (Lipinski definition) is 4. The zero-order valence-corrected chi connectivity index (χ0v) is 19.4. The van der Waals surface area contributed by atoms with Gasteiger partial charge in [0, 0.05) is 13.0 Å². The zero-order chi connectivity index (χ0) is 27.8. The summed E-state index contributed by atoms with van der Waals surface area (Å²) in [6, 6.07) is 0. The van der Waals surface area contributed by atoms with Crippen LogP contribution in [0.2, 0.25) is 0 Å². The maximum atomic E-state index is 13.4. The van der Waals surface area contributed by atoms with Crippen LogP contribution in [-0.2, 0) is 9.47 Å². The lowest BCUT2D eigenvalue weighted by molar-refractivity contribution is -0.396. The molecule has 1 saturated heterocycles. The second-order valence-corrected chi connectivity index (χ2v) is 8.85. The van der Waals surface area contributed by atoms with Crippen molar-refractivity contribution in [3.8, 4) is 0 Å². The molecule has 0 saturated carbocycles. The SMILES string of the molecule is OC[C@H]1O[C@@H](OCCCCCCCCCCCC(F)(F)C(F)(F)C(F)(F)C(F)(F)F)[C@H](O)[C@@H](O)[C@@H]1O. The van der Waals surface area contributed by atoms with Gasteiger partial charge in [0.1, 0.15) is 24.4 Å². The molecule has 0 bridgehead atoms. The van der Waals surface area contributed by atoms with Gasteiger partial charge in [-0.1, -0.05) is 44.9 Å². The van der Waals surface area contributed by atoms with E-state index in [4.69, 9.17) is 14.6 Å². The summed E-state index contributed by atoms with van der Waals surface area (Å²) in [5.41, 5.74) is 0. The molecule has 1 heterocycles. The number of halogens is 9. The molecule has 36 heavy (non-hydrogen) atoms. The van der Waals surface area contributed by atoms with Gasteiger partial charge in [0.2, 0.25) is 0 Å². The van der Waals surface area contributed by atoms with E-state index in [1.165, 1.54) is 0 Å². The van der Waals surface area contributed by atoms with Gasteiger partial charge in [-0.25, -0.2) is 0 Å². The highest BCUT2D eigenvalue weighted by Crippen LogP contribution is 2.54. The van der Waals surface area contributed by atoms with E-state index in [1.54, 1.807) is 0 Å². The average molecular weight is 552 g/mol. The van der Waals surface area contributed by atoms with Crippen molar-refractivity contribution in [2.45, 2.75) is 119 Å². The van der Waals surface area contributed by atoms with Gasteiger partial charge in [-0.05, 0) is 12.8 Å². The summed E-state index contributed by atoms with van der Waals surface area (Å²) < 4.78 is 126. The van der Waals surface area contributed by atoms with E-state index in [0.29, 0.717) is 32.1 Å². The molecule has 6 nitrogen and oxygen atoms in total. The Labute approximate surface area is 202 Å². The molecular weight excluding hydrogens is 519 g/mol. The Hall–Kier alpha value is -0.870. The molecule has 0 unspecified atom stereocenters. The number of unbranched alkanes of at least 4 members (excludes halogenated alkanes) is 8. The summed E-state index contributed by atoms with van der Waals surface area (Å²) >= 11 is 0. The van der Waals surface area contributed by atoms with E-state index in [9.17, 15) is 54.8 Å². The summed E-state index contributed by atoms with van der Waals surface area (Å²) in [7, 11) is 0. The monoisotopic (exact) mass is 552 g/mol. The van der Waals surface area contributed by atoms with Crippen LogP contribution in [0.1, 0.15) is 64.2 Å². The highest BCUT2D eigenvalue weighted by Gasteiger charge is 2.81. The molecule has 1 rings (SSSR count). The minimum absolute atomic E-state index is 0.0316. The van der Waals surface area contributed by atoms with Gasteiger partial charge in [-0.15, -0.1) is 0 Å². The average Bonchev–Trinajstić information content (AvgIpc) is 2.78. The second kappa shape index (κ2) is 13.8. The normalized spacial score (nSPS) is 26.4. The van der Waals surface area contributed by atoms with Gasteiger partial charge in [-0.2, -0.15) is 39.5 Å².